The van der Waals surface area contributed by atoms with Crippen LogP contribution in [0.1, 0.15) is 18.3 Å². The Morgan fingerprint density at radius 1 is 1.31 bits per heavy atom. The summed E-state index contributed by atoms with van der Waals surface area (Å²) in [4.78, 5) is 53.7. The molecule has 2 atom stereocenters. The van der Waals surface area contributed by atoms with Gasteiger partial charge in [-0.2, -0.15) is 9.36 Å². The third kappa shape index (κ3) is 5.50. The van der Waals surface area contributed by atoms with Crippen molar-refractivity contribution in [2.24, 2.45) is 5.16 Å². The molecule has 2 aromatic heterocycles. The molecule has 0 saturated carbocycles. The summed E-state index contributed by atoms with van der Waals surface area (Å²) < 4.78 is 4.66. The Kier molecular flexibility index (Phi) is 7.88. The molecule has 2 aliphatic heterocycles. The van der Waals surface area contributed by atoms with E-state index in [0.29, 0.717) is 15.0 Å². The number of β-lactam (4-membered cyclic amide) rings is 1. The smallest absolute Gasteiger partial charge is 0.353 e. The van der Waals surface area contributed by atoms with E-state index < -0.39 is 29.2 Å². The van der Waals surface area contributed by atoms with Gasteiger partial charge in [-0.3, -0.25) is 14.5 Å². The Hall–Kier alpha value is -3.47. The van der Waals surface area contributed by atoms with Gasteiger partial charge in [0, 0.05) is 33.1 Å². The number of carboxylic acid groups (broad SMARTS) is 1. The van der Waals surface area contributed by atoms with E-state index in [0.717, 1.165) is 28.4 Å². The summed E-state index contributed by atoms with van der Waals surface area (Å²) in [6.07, 6.45) is 0. The SMILES string of the molecule is CCO/N=C(\C(=O)N[C@@H]1C(=O)N2C(C(=O)O)=C(Sc3nc(-c4ccc(C)cc4)cs3)CS[C@H]12)c1nsc(N)n1. The fourth-order valence-corrected chi connectivity index (χ4v) is 7.69. The normalized spacial score (nSPS) is 19.0. The first-order chi connectivity index (χ1) is 18.8. The number of hydrogen-bond acceptors (Lipinski definition) is 13. The highest BCUT2D eigenvalue weighted by molar-refractivity contribution is 8.07. The van der Waals surface area contributed by atoms with Crippen LogP contribution in [0.15, 0.2) is 49.7 Å². The molecule has 2 aliphatic rings. The zero-order chi connectivity index (χ0) is 27.7. The molecule has 1 aromatic carbocycles. The number of hydrogen-bond donors (Lipinski definition) is 3. The lowest BCUT2D eigenvalue weighted by molar-refractivity contribution is -0.150. The van der Waals surface area contributed by atoms with Gasteiger partial charge in [0.1, 0.15) is 23.7 Å². The van der Waals surface area contributed by atoms with Crippen LogP contribution < -0.4 is 11.1 Å². The van der Waals surface area contributed by atoms with E-state index in [-0.39, 0.29) is 29.0 Å². The first kappa shape index (κ1) is 27.1. The maximum atomic E-state index is 13.1. The molecule has 4 N–H and O–H groups in total. The highest BCUT2D eigenvalue weighted by Gasteiger charge is 2.54. The summed E-state index contributed by atoms with van der Waals surface area (Å²) in [5.41, 5.74) is 8.20. The van der Waals surface area contributed by atoms with Crippen LogP contribution in [0.4, 0.5) is 5.13 Å². The van der Waals surface area contributed by atoms with Crippen LogP contribution in [0.2, 0.25) is 0 Å². The highest BCUT2D eigenvalue weighted by Crippen LogP contribution is 2.46. The average molecular weight is 604 g/mol. The number of aryl methyl sites for hydroxylation is 1. The number of anilines is 1. The van der Waals surface area contributed by atoms with Crippen molar-refractivity contribution in [3.8, 4) is 11.3 Å². The summed E-state index contributed by atoms with van der Waals surface area (Å²) in [5, 5.41) is 17.9. The molecule has 2 amide bonds. The summed E-state index contributed by atoms with van der Waals surface area (Å²) in [6, 6.07) is 7.02. The lowest BCUT2D eigenvalue weighted by Crippen LogP contribution is -2.71. The van der Waals surface area contributed by atoms with Gasteiger partial charge in [0.25, 0.3) is 11.8 Å². The Labute approximate surface area is 238 Å². The fourth-order valence-electron chi connectivity index (χ4n) is 3.79. The van der Waals surface area contributed by atoms with Gasteiger partial charge in [-0.25, -0.2) is 9.78 Å². The maximum Gasteiger partial charge on any atom is 0.353 e. The second-order valence-electron chi connectivity index (χ2n) is 8.22. The number of fused-ring (bicyclic) bond motifs is 1. The molecule has 39 heavy (non-hydrogen) atoms. The van der Waals surface area contributed by atoms with Crippen molar-refractivity contribution in [2.75, 3.05) is 18.1 Å². The van der Waals surface area contributed by atoms with Gasteiger partial charge in [0.2, 0.25) is 11.5 Å². The van der Waals surface area contributed by atoms with Crippen LogP contribution in [-0.2, 0) is 19.2 Å². The van der Waals surface area contributed by atoms with Crippen LogP contribution in [0.3, 0.4) is 0 Å². The zero-order valence-electron chi connectivity index (χ0n) is 20.5. The number of thioether (sulfide) groups is 2. The minimum Gasteiger partial charge on any atom is -0.477 e. The number of nitrogens with two attached hydrogens (primary N) is 1. The number of rotatable bonds is 9. The van der Waals surface area contributed by atoms with Crippen molar-refractivity contribution in [1.82, 2.24) is 24.6 Å². The number of carbonyl (C=O) groups is 3. The van der Waals surface area contributed by atoms with Crippen molar-refractivity contribution in [3.05, 3.63) is 51.6 Å². The minimum atomic E-state index is -1.23. The molecule has 0 bridgehead atoms. The monoisotopic (exact) mass is 603 g/mol. The fraction of sp³-hybridized carbons (Fsp3) is 0.261. The molecule has 16 heteroatoms. The number of amides is 2. The number of aromatic nitrogens is 3. The van der Waals surface area contributed by atoms with Crippen LogP contribution in [-0.4, -0.2) is 71.6 Å². The molecule has 0 aliphatic carbocycles. The molecule has 5 rings (SSSR count). The molecule has 0 unspecified atom stereocenters. The van der Waals surface area contributed by atoms with E-state index in [1.807, 2.05) is 36.6 Å². The second kappa shape index (κ2) is 11.3. The van der Waals surface area contributed by atoms with Crippen molar-refractivity contribution in [3.63, 3.8) is 0 Å². The lowest BCUT2D eigenvalue weighted by Gasteiger charge is -2.49. The number of nitrogens with one attached hydrogen (secondary N) is 1. The molecular weight excluding hydrogens is 583 g/mol. The number of thiazole rings is 1. The van der Waals surface area contributed by atoms with Gasteiger partial charge in [-0.05, 0) is 13.8 Å². The quantitative estimate of drug-likeness (QED) is 0.186. The van der Waals surface area contributed by atoms with Crippen LogP contribution in [0.25, 0.3) is 11.3 Å². The molecular formula is C23H21N7O5S4. The van der Waals surface area contributed by atoms with Gasteiger partial charge >= 0.3 is 5.97 Å². The van der Waals surface area contributed by atoms with Crippen LogP contribution in [0, 0.1) is 6.92 Å². The van der Waals surface area contributed by atoms with E-state index in [9.17, 15) is 19.5 Å². The predicted molar refractivity (Wildman–Crippen MR) is 150 cm³/mol. The van der Waals surface area contributed by atoms with E-state index in [4.69, 9.17) is 10.6 Å². The number of aliphatic carboxylic acids is 1. The number of carbonyl (C=O) groups excluding carboxylic acids is 2. The van der Waals surface area contributed by atoms with Crippen molar-refractivity contribution in [1.29, 1.82) is 0 Å². The van der Waals surface area contributed by atoms with Gasteiger partial charge < -0.3 is 21.0 Å². The van der Waals surface area contributed by atoms with E-state index in [2.05, 4.69) is 24.8 Å². The van der Waals surface area contributed by atoms with Gasteiger partial charge in [0.05, 0.1) is 5.69 Å². The number of oxime groups is 1. The molecule has 0 spiro atoms. The summed E-state index contributed by atoms with van der Waals surface area (Å²) in [6.45, 7) is 3.90. The third-order valence-electron chi connectivity index (χ3n) is 5.62. The molecule has 1 fully saturated rings. The molecule has 12 nitrogen and oxygen atoms in total. The highest BCUT2D eigenvalue weighted by atomic mass is 32.2. The topological polar surface area (TPSA) is 173 Å². The predicted octanol–water partition coefficient (Wildman–Crippen LogP) is 2.78. The first-order valence-electron chi connectivity index (χ1n) is 11.5. The average Bonchev–Trinajstić information content (AvgIpc) is 3.56. The zero-order valence-corrected chi connectivity index (χ0v) is 23.7. The lowest BCUT2D eigenvalue weighted by atomic mass is 10.0. The standard InChI is InChI=1S/C23H21N7O5S4/c1-3-35-28-14(17-27-22(24)39-29-17)18(31)26-15-19(32)30-16(21(33)34)13(9-36-20(15)30)38-23-25-12(8-37-23)11-6-4-10(2)5-7-11/h4-8,15,20H,3,9H2,1-2H3,(H,26,31)(H,33,34)(H2,24,27,29)/b28-14-/t15-,20-/m1/s1. The van der Waals surface area contributed by atoms with Gasteiger partial charge in [0.15, 0.2) is 9.47 Å². The van der Waals surface area contributed by atoms with Gasteiger partial charge in [-0.15, -0.1) is 23.1 Å². The minimum absolute atomic E-state index is 0.0263. The number of nitrogen functional groups attached to an aromatic ring is 1. The van der Waals surface area contributed by atoms with Crippen LogP contribution >= 0.6 is 46.4 Å². The maximum absolute atomic E-state index is 13.1. The Morgan fingerprint density at radius 3 is 2.74 bits per heavy atom. The van der Waals surface area contributed by atoms with E-state index >= 15 is 0 Å². The van der Waals surface area contributed by atoms with Crippen molar-refractivity contribution in [2.45, 2.75) is 29.6 Å². The molecule has 202 valence electrons. The molecule has 3 aromatic rings. The number of benzene rings is 1. The van der Waals surface area contributed by atoms with Crippen molar-refractivity contribution >= 4 is 75.0 Å². The summed E-state index contributed by atoms with van der Waals surface area (Å²) >= 11 is 4.88. The van der Waals surface area contributed by atoms with Crippen molar-refractivity contribution < 1.29 is 24.3 Å². The number of carboxylic acids is 1. The molecule has 1 saturated heterocycles. The number of nitrogens with zero attached hydrogens (tertiary/aromatic N) is 5. The molecule has 4 heterocycles. The van der Waals surface area contributed by atoms with E-state index in [1.54, 1.807) is 6.92 Å². The Balaban J connectivity index is 1.32. The second-order valence-corrected chi connectivity index (χ2v) is 12.3. The third-order valence-corrected chi connectivity index (χ3v) is 9.64. The van der Waals surface area contributed by atoms with Gasteiger partial charge in [-0.1, -0.05) is 46.7 Å². The Morgan fingerprint density at radius 2 is 2.08 bits per heavy atom. The summed E-state index contributed by atoms with van der Waals surface area (Å²) in [7, 11) is 0. The molecule has 0 radical (unpaired) electrons. The Bertz CT molecular complexity index is 1500. The van der Waals surface area contributed by atoms with Crippen LogP contribution in [0.5, 0.6) is 0 Å². The largest absolute Gasteiger partial charge is 0.477 e. The summed E-state index contributed by atoms with van der Waals surface area (Å²) in [5.74, 6) is -2.20. The first-order valence-corrected chi connectivity index (χ1v) is 15.0. The van der Waals surface area contributed by atoms with E-state index in [1.165, 1.54) is 39.8 Å².